The van der Waals surface area contributed by atoms with Gasteiger partial charge in [-0.1, -0.05) is 445 Å². The normalized spacial score (nSPS) is 13.4. The van der Waals surface area contributed by atoms with Crippen LogP contribution in [0.2, 0.25) is 0 Å². The van der Waals surface area contributed by atoms with Gasteiger partial charge in [-0.25, -0.2) is 0 Å². The fourth-order valence-electron chi connectivity index (χ4n) is 22.1. The maximum atomic E-state index is 5.73. The van der Waals surface area contributed by atoms with Gasteiger partial charge in [0.1, 0.15) is 11.2 Å². The molecule has 0 saturated carbocycles. The lowest BCUT2D eigenvalue weighted by atomic mass is 9.67. The van der Waals surface area contributed by atoms with Crippen LogP contribution in [0, 0.1) is 48.5 Å². The van der Waals surface area contributed by atoms with Gasteiger partial charge in [-0.3, -0.25) is 0 Å². The molecule has 19 aromatic carbocycles. The van der Waals surface area contributed by atoms with Gasteiger partial charge in [0, 0.05) is 58.2 Å². The number of nitrogens with zero attached hydrogens (tertiary/aromatic N) is 1. The van der Waals surface area contributed by atoms with Gasteiger partial charge in [0.2, 0.25) is 0 Å². The van der Waals surface area contributed by atoms with Crippen molar-refractivity contribution in [1.29, 1.82) is 0 Å². The minimum atomic E-state index is -0.264. The molecule has 26 rings (SSSR count). The van der Waals surface area contributed by atoms with Crippen molar-refractivity contribution in [1.82, 2.24) is 4.57 Å². The van der Waals surface area contributed by atoms with Crippen LogP contribution in [-0.4, -0.2) is 4.57 Å². The summed E-state index contributed by atoms with van der Waals surface area (Å²) in [5.41, 5.74) is 42.6. The quantitative estimate of drug-likeness (QED) is 0.168. The molecular weight excluding hydrogens is 1610 g/mol. The van der Waals surface area contributed by atoms with E-state index in [1.807, 2.05) is 41.7 Å². The highest BCUT2D eigenvalue weighted by atomic mass is 32.1. The fourth-order valence-corrected chi connectivity index (χ4v) is 23.3. The Labute approximate surface area is 781 Å². The third-order valence-corrected chi connectivity index (χ3v) is 29.1. The smallest absolute Gasteiger partial charge is 0.135 e. The van der Waals surface area contributed by atoms with Crippen LogP contribution in [0.3, 0.4) is 0 Å². The minimum Gasteiger partial charge on any atom is -0.456 e. The summed E-state index contributed by atoms with van der Waals surface area (Å²) in [5.74, 6) is 0. The van der Waals surface area contributed by atoms with Crippen molar-refractivity contribution in [2.45, 2.75) is 97.8 Å². The Morgan fingerprint density at radius 1 is 0.227 bits per heavy atom. The molecule has 0 N–H and O–H groups in total. The lowest BCUT2D eigenvalue weighted by molar-refractivity contribution is 0.655. The molecule has 0 amide bonds. The number of aromatic nitrogens is 1. The second-order valence-corrected chi connectivity index (χ2v) is 37.8. The zero-order valence-electron chi connectivity index (χ0n) is 77.0. The molecule has 640 valence electrons. The Balaban J connectivity index is 0.0000000973. The number of aryl methyl sites for hydroxylation is 7. The number of benzene rings is 19. The highest BCUT2D eigenvalue weighted by Crippen LogP contribution is 2.59. The largest absolute Gasteiger partial charge is 0.456 e. The Kier molecular flexibility index (Phi) is 22.9. The van der Waals surface area contributed by atoms with Crippen molar-refractivity contribution in [2.75, 3.05) is 0 Å². The first kappa shape index (κ1) is 85.1. The van der Waals surface area contributed by atoms with Crippen molar-refractivity contribution >= 4 is 75.3 Å². The summed E-state index contributed by atoms with van der Waals surface area (Å²) in [6.07, 6.45) is 0. The van der Waals surface area contributed by atoms with Crippen molar-refractivity contribution in [3.05, 3.63) is 555 Å². The molecule has 0 spiro atoms. The summed E-state index contributed by atoms with van der Waals surface area (Å²) in [6, 6.07) is 161. The lowest BCUT2D eigenvalue weighted by Crippen LogP contribution is -2.29. The van der Waals surface area contributed by atoms with Gasteiger partial charge in [0.15, 0.2) is 0 Å². The molecule has 3 heteroatoms. The Morgan fingerprint density at radius 2 is 0.591 bits per heavy atom. The SMILES string of the molecule is Cc1ccc2c(c1)C(C)(C)c1ccccc1-2.Cc1ccc2c(c1)C(c1ccccc1)(c1ccccc1)c1ccccc1-2.Cc1cccc2c1C(C)(C)c1ccccc1-2.Cc1cccc2c1C(c1ccccc1)(c1ccccc1)c1ccccc1-2.Cc1cccc2c3ccccc3n(-c3ccccc3)c12.Cc1cccc2oc3ccccc3c12.Cc1cccc2sc3ccccc3c12. The molecule has 0 atom stereocenters. The van der Waals surface area contributed by atoms with Crippen LogP contribution in [0.5, 0.6) is 0 Å². The van der Waals surface area contributed by atoms with E-state index in [2.05, 4.69) is 499 Å². The topological polar surface area (TPSA) is 18.1 Å². The predicted octanol–water partition coefficient (Wildman–Crippen LogP) is 34.7. The second-order valence-electron chi connectivity index (χ2n) is 36.7. The van der Waals surface area contributed by atoms with E-state index in [-0.39, 0.29) is 21.7 Å². The van der Waals surface area contributed by atoms with Gasteiger partial charge in [0.05, 0.1) is 21.9 Å². The van der Waals surface area contributed by atoms with E-state index in [0.717, 1.165) is 11.2 Å². The van der Waals surface area contributed by atoms with Gasteiger partial charge in [-0.2, -0.15) is 0 Å². The third kappa shape index (κ3) is 14.8. The van der Waals surface area contributed by atoms with E-state index >= 15 is 0 Å². The monoisotopic (exact) mass is 1720 g/mol. The summed E-state index contributed by atoms with van der Waals surface area (Å²) in [6.45, 7) is 24.6. The molecule has 0 aliphatic heterocycles. The summed E-state index contributed by atoms with van der Waals surface area (Å²) in [7, 11) is 0. The number of furan rings is 1. The Morgan fingerprint density at radius 3 is 1.19 bits per heavy atom. The van der Waals surface area contributed by atoms with Crippen molar-refractivity contribution in [2.24, 2.45) is 0 Å². The summed E-state index contributed by atoms with van der Waals surface area (Å²) in [5, 5.41) is 7.90. The van der Waals surface area contributed by atoms with E-state index in [1.54, 1.807) is 0 Å². The standard InChI is InChI=1S/2C26H20.C19H15N.2C16H16.C13H10O.C13H10S/c1-19-11-10-17-23-22-16-8-9-18-24(22)26(25(19)23,20-12-4-2-5-13-20)21-14-6-3-7-15-21;1-19-16-17-23-22-14-8-9-15-24(22)26(25(23)18-19,20-10-4-2-5-11-20)21-12-6-3-7-13-21;1-14-8-7-12-17-16-11-5-6-13-18(16)20(19(14)17)15-9-3-2-4-10-15;1-11-7-6-9-13-12-8-4-5-10-14(12)16(2,3)15(11)13;1-11-8-9-13-12-6-4-5-7-14(12)16(2,3)15(13)10-11;2*1-9-5-4-8-12-13(9)10-6-2-3-7-11(10)14-12/h2*2-18H,1H3;2-13H,1H3;2*4-10H,1-3H3;2*2-8H,1H3. The molecule has 0 bridgehead atoms. The number of hydrogen-bond acceptors (Lipinski definition) is 2. The first-order chi connectivity index (χ1) is 64.5. The molecule has 132 heavy (non-hydrogen) atoms. The molecule has 3 aromatic heterocycles. The number of para-hydroxylation sites is 4. The average Bonchev–Trinajstić information content (AvgIpc) is 1.54. The zero-order chi connectivity index (χ0) is 90.4. The van der Waals surface area contributed by atoms with Crippen LogP contribution in [0.15, 0.2) is 453 Å². The number of fused-ring (bicyclic) bond motifs is 21. The number of thiophene rings is 1. The maximum Gasteiger partial charge on any atom is 0.135 e. The second kappa shape index (κ2) is 35.5. The highest BCUT2D eigenvalue weighted by molar-refractivity contribution is 7.25. The molecule has 4 aliphatic rings. The van der Waals surface area contributed by atoms with E-state index in [9.17, 15) is 0 Å². The van der Waals surface area contributed by atoms with E-state index in [0.29, 0.717) is 0 Å². The molecule has 0 radical (unpaired) electrons. The van der Waals surface area contributed by atoms with E-state index in [1.165, 1.54) is 209 Å². The molecule has 4 aliphatic carbocycles. The molecule has 0 unspecified atom stereocenters. The van der Waals surface area contributed by atoms with Gasteiger partial charge < -0.3 is 8.98 Å². The number of hydrogen-bond donors (Lipinski definition) is 0. The van der Waals surface area contributed by atoms with Crippen molar-refractivity contribution < 1.29 is 4.42 Å². The molecule has 0 saturated heterocycles. The summed E-state index contributed by atoms with van der Waals surface area (Å²) in [4.78, 5) is 0. The summed E-state index contributed by atoms with van der Waals surface area (Å²) < 4.78 is 10.9. The minimum absolute atomic E-state index is 0.150. The predicted molar refractivity (Wildman–Crippen MR) is 562 cm³/mol. The molecule has 22 aromatic rings. The lowest BCUT2D eigenvalue weighted by Gasteiger charge is -2.34. The third-order valence-electron chi connectivity index (χ3n) is 28.0. The number of rotatable bonds is 5. The van der Waals surface area contributed by atoms with Gasteiger partial charge in [-0.05, 0) is 230 Å². The van der Waals surface area contributed by atoms with Crippen LogP contribution in [0.4, 0.5) is 0 Å². The highest BCUT2D eigenvalue weighted by Gasteiger charge is 2.48. The summed E-state index contributed by atoms with van der Waals surface area (Å²) >= 11 is 1.88. The van der Waals surface area contributed by atoms with Crippen molar-refractivity contribution in [3.63, 3.8) is 0 Å². The molecular formula is C129H107NOS. The van der Waals surface area contributed by atoms with Crippen LogP contribution in [-0.2, 0) is 21.7 Å². The first-order valence-electron chi connectivity index (χ1n) is 46.3. The van der Waals surface area contributed by atoms with Crippen LogP contribution < -0.4 is 0 Å². The van der Waals surface area contributed by atoms with Gasteiger partial charge in [-0.15, -0.1) is 11.3 Å². The zero-order valence-corrected chi connectivity index (χ0v) is 77.8. The average molecular weight is 1720 g/mol. The molecule has 3 heterocycles. The van der Waals surface area contributed by atoms with Gasteiger partial charge >= 0.3 is 0 Å². The first-order valence-corrected chi connectivity index (χ1v) is 47.1. The molecule has 0 fully saturated rings. The van der Waals surface area contributed by atoms with Crippen LogP contribution in [0.1, 0.15) is 133 Å². The van der Waals surface area contributed by atoms with E-state index < -0.39 is 0 Å². The van der Waals surface area contributed by atoms with Crippen molar-refractivity contribution in [3.8, 4) is 50.2 Å². The van der Waals surface area contributed by atoms with Gasteiger partial charge in [0.25, 0.3) is 0 Å². The van der Waals surface area contributed by atoms with Crippen LogP contribution >= 0.6 is 11.3 Å². The fraction of sp³-hybridized carbons (Fsp3) is 0.116. The van der Waals surface area contributed by atoms with Crippen LogP contribution in [0.25, 0.3) is 114 Å². The maximum absolute atomic E-state index is 5.73. The molecule has 2 nitrogen and oxygen atoms in total. The Hall–Kier alpha value is -15.0. The Bertz CT molecular complexity index is 7830. The van der Waals surface area contributed by atoms with E-state index in [4.69, 9.17) is 4.42 Å².